The fraction of sp³-hybridized carbons (Fsp3) is 0.611. The summed E-state index contributed by atoms with van der Waals surface area (Å²) >= 11 is 0. The molecule has 3 rings (SSSR count). The van der Waals surface area contributed by atoms with Crippen LogP contribution in [-0.2, 0) is 11.3 Å². The first kappa shape index (κ1) is 19.1. The van der Waals surface area contributed by atoms with E-state index in [1.54, 1.807) is 4.90 Å². The molecule has 3 nitrogen and oxygen atoms in total. The zero-order valence-corrected chi connectivity index (χ0v) is 14.6. The van der Waals surface area contributed by atoms with Crippen LogP contribution in [-0.4, -0.2) is 29.9 Å². The fourth-order valence-corrected chi connectivity index (χ4v) is 3.75. The summed E-state index contributed by atoms with van der Waals surface area (Å²) < 4.78 is 28.0. The number of rotatable bonds is 4. The van der Waals surface area contributed by atoms with Crippen molar-refractivity contribution in [1.29, 1.82) is 0 Å². The van der Waals surface area contributed by atoms with Gasteiger partial charge in [0, 0.05) is 18.2 Å². The van der Waals surface area contributed by atoms with Crippen molar-refractivity contribution in [1.82, 2.24) is 10.2 Å². The molecular weight excluding hydrogens is 334 g/mol. The lowest BCUT2D eigenvalue weighted by Gasteiger charge is -2.34. The van der Waals surface area contributed by atoms with Gasteiger partial charge in [-0.15, -0.1) is 12.4 Å². The van der Waals surface area contributed by atoms with Crippen molar-refractivity contribution in [2.75, 3.05) is 13.1 Å². The zero-order chi connectivity index (χ0) is 16.2. The average Bonchev–Trinajstić information content (AvgIpc) is 3.09. The van der Waals surface area contributed by atoms with Gasteiger partial charge in [-0.1, -0.05) is 18.9 Å². The summed E-state index contributed by atoms with van der Waals surface area (Å²) in [6.07, 6.45) is 5.86. The molecule has 2 fully saturated rings. The van der Waals surface area contributed by atoms with E-state index in [0.717, 1.165) is 45.1 Å². The van der Waals surface area contributed by atoms with E-state index in [4.69, 9.17) is 0 Å². The van der Waals surface area contributed by atoms with Crippen molar-refractivity contribution in [2.24, 2.45) is 5.92 Å². The summed E-state index contributed by atoms with van der Waals surface area (Å²) in [5, 5.41) is 3.25. The van der Waals surface area contributed by atoms with Crippen molar-refractivity contribution in [3.8, 4) is 0 Å². The van der Waals surface area contributed by atoms with E-state index < -0.39 is 11.6 Å². The Labute approximate surface area is 148 Å². The van der Waals surface area contributed by atoms with Crippen LogP contribution in [0.4, 0.5) is 8.78 Å². The fourth-order valence-electron chi connectivity index (χ4n) is 3.75. The first-order chi connectivity index (χ1) is 11.2. The zero-order valence-electron chi connectivity index (χ0n) is 13.8. The summed E-state index contributed by atoms with van der Waals surface area (Å²) in [7, 11) is 0. The summed E-state index contributed by atoms with van der Waals surface area (Å²) in [4.78, 5) is 14.7. The number of nitrogens with one attached hydrogen (secondary N) is 1. The monoisotopic (exact) mass is 358 g/mol. The predicted molar refractivity (Wildman–Crippen MR) is 92.0 cm³/mol. The number of piperidine rings is 1. The second-order valence-electron chi connectivity index (χ2n) is 6.65. The maximum absolute atomic E-state index is 14.0. The van der Waals surface area contributed by atoms with E-state index in [-0.39, 0.29) is 42.4 Å². The molecule has 24 heavy (non-hydrogen) atoms. The summed E-state index contributed by atoms with van der Waals surface area (Å²) in [5.74, 6) is -1.16. The molecule has 1 aliphatic carbocycles. The average molecular weight is 359 g/mol. The van der Waals surface area contributed by atoms with Gasteiger partial charge in [0.15, 0.2) is 0 Å². The first-order valence-corrected chi connectivity index (χ1v) is 8.61. The summed E-state index contributed by atoms with van der Waals surface area (Å²) in [5.41, 5.74) is 0.0107. The third-order valence-electron chi connectivity index (χ3n) is 5.08. The van der Waals surface area contributed by atoms with E-state index in [2.05, 4.69) is 5.32 Å². The molecule has 1 saturated carbocycles. The van der Waals surface area contributed by atoms with Gasteiger partial charge in [-0.25, -0.2) is 8.78 Å². The third kappa shape index (κ3) is 4.25. The molecule has 0 radical (unpaired) electrons. The number of amides is 1. The molecule has 1 aromatic rings. The number of hydrogen-bond acceptors (Lipinski definition) is 2. The van der Waals surface area contributed by atoms with Gasteiger partial charge < -0.3 is 10.2 Å². The molecule has 2 aliphatic rings. The molecule has 0 bridgehead atoms. The highest BCUT2D eigenvalue weighted by Crippen LogP contribution is 2.28. The lowest BCUT2D eigenvalue weighted by molar-refractivity contribution is -0.139. The quantitative estimate of drug-likeness (QED) is 0.890. The first-order valence-electron chi connectivity index (χ1n) is 8.61. The normalized spacial score (nSPS) is 21.3. The standard InChI is InChI=1S/C18H24F2N2O.ClH/c19-16-8-3-9-17(20)15(16)12-22(14-6-1-2-7-14)18(23)13-5-4-10-21-11-13;/h3,8-9,13-14,21H,1-2,4-7,10-12H2;1H. The van der Waals surface area contributed by atoms with Crippen molar-refractivity contribution in [2.45, 2.75) is 51.1 Å². The molecule has 1 aromatic carbocycles. The maximum atomic E-state index is 14.0. The second-order valence-corrected chi connectivity index (χ2v) is 6.65. The Hall–Kier alpha value is -1.20. The minimum Gasteiger partial charge on any atom is -0.335 e. The Kier molecular flexibility index (Phi) is 6.99. The summed E-state index contributed by atoms with van der Waals surface area (Å²) in [6.45, 7) is 1.65. The molecule has 1 N–H and O–H groups in total. The van der Waals surface area contributed by atoms with Crippen LogP contribution in [0.3, 0.4) is 0 Å². The number of benzene rings is 1. The number of nitrogens with zero attached hydrogens (tertiary/aromatic N) is 1. The highest BCUT2D eigenvalue weighted by atomic mass is 35.5. The van der Waals surface area contributed by atoms with E-state index in [1.807, 2.05) is 0 Å². The molecule has 1 amide bonds. The van der Waals surface area contributed by atoms with Crippen LogP contribution >= 0.6 is 12.4 Å². The van der Waals surface area contributed by atoms with Crippen LogP contribution in [0.2, 0.25) is 0 Å². The largest absolute Gasteiger partial charge is 0.335 e. The molecular formula is C18H25ClF2N2O. The minimum atomic E-state index is -0.567. The highest BCUT2D eigenvalue weighted by Gasteiger charge is 2.33. The van der Waals surface area contributed by atoms with Gasteiger partial charge in [-0.05, 0) is 44.4 Å². The maximum Gasteiger partial charge on any atom is 0.227 e. The predicted octanol–water partition coefficient (Wildman–Crippen LogP) is 3.66. The number of carbonyl (C=O) groups excluding carboxylic acids is 1. The van der Waals surface area contributed by atoms with E-state index >= 15 is 0 Å². The topological polar surface area (TPSA) is 32.3 Å². The van der Waals surface area contributed by atoms with Crippen LogP contribution in [0.5, 0.6) is 0 Å². The third-order valence-corrected chi connectivity index (χ3v) is 5.08. The van der Waals surface area contributed by atoms with Crippen molar-refractivity contribution in [3.05, 3.63) is 35.4 Å². The Bertz CT molecular complexity index is 538. The molecule has 6 heteroatoms. The minimum absolute atomic E-state index is 0. The highest BCUT2D eigenvalue weighted by molar-refractivity contribution is 5.85. The van der Waals surface area contributed by atoms with Gasteiger partial charge in [0.1, 0.15) is 11.6 Å². The summed E-state index contributed by atoms with van der Waals surface area (Å²) in [6, 6.07) is 4.00. The SMILES string of the molecule is Cl.O=C(C1CCCNC1)N(Cc1c(F)cccc1F)C1CCCC1. The van der Waals surface area contributed by atoms with Gasteiger partial charge in [0.25, 0.3) is 0 Å². The van der Waals surface area contributed by atoms with Crippen molar-refractivity contribution >= 4 is 18.3 Å². The molecule has 1 aliphatic heterocycles. The number of carbonyl (C=O) groups is 1. The van der Waals surface area contributed by atoms with E-state index in [9.17, 15) is 13.6 Å². The van der Waals surface area contributed by atoms with Crippen LogP contribution < -0.4 is 5.32 Å². The lowest BCUT2D eigenvalue weighted by Crippen LogP contribution is -2.46. The number of hydrogen-bond donors (Lipinski definition) is 1. The van der Waals surface area contributed by atoms with Gasteiger partial charge in [0.05, 0.1) is 12.5 Å². The van der Waals surface area contributed by atoms with Gasteiger partial charge >= 0.3 is 0 Å². The van der Waals surface area contributed by atoms with E-state index in [0.29, 0.717) is 6.54 Å². The molecule has 134 valence electrons. The molecule has 1 saturated heterocycles. The van der Waals surface area contributed by atoms with Crippen molar-refractivity contribution in [3.63, 3.8) is 0 Å². The smallest absolute Gasteiger partial charge is 0.227 e. The lowest BCUT2D eigenvalue weighted by atomic mass is 9.96. The molecule has 0 aromatic heterocycles. The molecule has 0 spiro atoms. The molecule has 1 unspecified atom stereocenters. The van der Waals surface area contributed by atoms with Crippen LogP contribution in [0.1, 0.15) is 44.1 Å². The Morgan fingerprint density at radius 2 is 1.79 bits per heavy atom. The molecule has 1 atom stereocenters. The van der Waals surface area contributed by atoms with E-state index in [1.165, 1.54) is 18.2 Å². The van der Waals surface area contributed by atoms with Gasteiger partial charge in [-0.3, -0.25) is 4.79 Å². The van der Waals surface area contributed by atoms with Gasteiger partial charge in [0.2, 0.25) is 5.91 Å². The molecule has 1 heterocycles. The van der Waals surface area contributed by atoms with Crippen LogP contribution in [0.25, 0.3) is 0 Å². The Balaban J connectivity index is 0.00000208. The van der Waals surface area contributed by atoms with Crippen LogP contribution in [0, 0.1) is 17.6 Å². The Morgan fingerprint density at radius 1 is 1.12 bits per heavy atom. The second kappa shape index (κ2) is 8.77. The Morgan fingerprint density at radius 3 is 2.38 bits per heavy atom. The van der Waals surface area contributed by atoms with Crippen molar-refractivity contribution < 1.29 is 13.6 Å². The van der Waals surface area contributed by atoms with Gasteiger partial charge in [-0.2, -0.15) is 0 Å². The van der Waals surface area contributed by atoms with Crippen LogP contribution in [0.15, 0.2) is 18.2 Å². The number of halogens is 3.